The number of aryl methyl sites for hydroxylation is 1. The van der Waals surface area contributed by atoms with Crippen molar-refractivity contribution in [2.45, 2.75) is 26.6 Å². The Morgan fingerprint density at radius 1 is 1.37 bits per heavy atom. The quantitative estimate of drug-likeness (QED) is 0.864. The van der Waals surface area contributed by atoms with E-state index in [4.69, 9.17) is 4.42 Å². The molecule has 0 aliphatic carbocycles. The predicted octanol–water partition coefficient (Wildman–Crippen LogP) is 2.33. The molecule has 0 saturated heterocycles. The fourth-order valence-corrected chi connectivity index (χ4v) is 2.13. The van der Waals surface area contributed by atoms with E-state index >= 15 is 0 Å². The van der Waals surface area contributed by atoms with E-state index in [1.807, 2.05) is 19.3 Å². The van der Waals surface area contributed by atoms with Crippen molar-refractivity contribution in [3.05, 3.63) is 53.2 Å². The number of rotatable bonds is 6. The van der Waals surface area contributed by atoms with Gasteiger partial charge in [-0.2, -0.15) is 0 Å². The lowest BCUT2D eigenvalue weighted by Crippen LogP contribution is -2.16. The largest absolute Gasteiger partial charge is 0.463 e. The Balaban J connectivity index is 1.95. The summed E-state index contributed by atoms with van der Waals surface area (Å²) in [6, 6.07) is 6.17. The molecule has 0 saturated carbocycles. The number of nitrogens with one attached hydrogen (secondary N) is 1. The van der Waals surface area contributed by atoms with Crippen molar-refractivity contribution < 1.29 is 4.42 Å². The van der Waals surface area contributed by atoms with Crippen molar-refractivity contribution >= 4 is 0 Å². The molecule has 2 aromatic heterocycles. The van der Waals surface area contributed by atoms with E-state index in [-0.39, 0.29) is 0 Å². The molecule has 0 unspecified atom stereocenters. The first-order chi connectivity index (χ1) is 9.19. The lowest BCUT2D eigenvalue weighted by atomic mass is 10.2. The maximum atomic E-state index is 5.84. The summed E-state index contributed by atoms with van der Waals surface area (Å²) in [5.74, 6) is 2.03. The van der Waals surface area contributed by atoms with Gasteiger partial charge >= 0.3 is 0 Å². The summed E-state index contributed by atoms with van der Waals surface area (Å²) in [4.78, 5) is 6.35. The van der Waals surface area contributed by atoms with Crippen LogP contribution in [-0.4, -0.2) is 24.0 Å². The Morgan fingerprint density at radius 3 is 2.89 bits per heavy atom. The molecule has 0 fully saturated rings. The second kappa shape index (κ2) is 6.50. The molecular weight excluding hydrogens is 238 g/mol. The summed E-state index contributed by atoms with van der Waals surface area (Å²) in [7, 11) is 4.01. The van der Waals surface area contributed by atoms with Crippen LogP contribution >= 0.6 is 0 Å². The average Bonchev–Trinajstić information content (AvgIpc) is 2.71. The lowest BCUT2D eigenvalue weighted by Gasteiger charge is -2.14. The number of nitrogens with zero attached hydrogens (tertiary/aromatic N) is 2. The van der Waals surface area contributed by atoms with Gasteiger partial charge in [-0.3, -0.25) is 9.88 Å². The van der Waals surface area contributed by atoms with Crippen molar-refractivity contribution in [2.75, 3.05) is 14.1 Å². The van der Waals surface area contributed by atoms with Gasteiger partial charge in [-0.1, -0.05) is 6.07 Å². The Morgan fingerprint density at radius 2 is 2.21 bits per heavy atom. The normalized spacial score (nSPS) is 11.2. The minimum Gasteiger partial charge on any atom is -0.463 e. The number of hydrogen-bond acceptors (Lipinski definition) is 4. The molecule has 0 aliphatic heterocycles. The zero-order chi connectivity index (χ0) is 13.7. The molecule has 19 heavy (non-hydrogen) atoms. The van der Waals surface area contributed by atoms with Crippen LogP contribution in [0.1, 0.15) is 22.6 Å². The molecule has 102 valence electrons. The lowest BCUT2D eigenvalue weighted by molar-refractivity contribution is 0.282. The summed E-state index contributed by atoms with van der Waals surface area (Å²) in [6.45, 7) is 4.54. The number of furan rings is 1. The van der Waals surface area contributed by atoms with E-state index < -0.39 is 0 Å². The number of hydrogen-bond donors (Lipinski definition) is 1. The van der Waals surface area contributed by atoms with Gasteiger partial charge in [0.25, 0.3) is 0 Å². The first kappa shape index (κ1) is 13.8. The monoisotopic (exact) mass is 259 g/mol. The van der Waals surface area contributed by atoms with Gasteiger partial charge in [0, 0.05) is 18.9 Å². The minimum absolute atomic E-state index is 0.776. The molecule has 4 heteroatoms. The second-order valence-electron chi connectivity index (χ2n) is 4.88. The average molecular weight is 259 g/mol. The Labute approximate surface area is 114 Å². The molecule has 0 spiro atoms. The first-order valence-electron chi connectivity index (χ1n) is 6.49. The van der Waals surface area contributed by atoms with Gasteiger partial charge < -0.3 is 9.73 Å². The minimum atomic E-state index is 0.776. The van der Waals surface area contributed by atoms with Gasteiger partial charge in [0.1, 0.15) is 11.5 Å². The topological polar surface area (TPSA) is 41.3 Å². The Bertz CT molecular complexity index is 507. The van der Waals surface area contributed by atoms with E-state index in [2.05, 4.69) is 41.3 Å². The smallest absolute Gasteiger partial charge is 0.120 e. The molecule has 0 aromatic carbocycles. The van der Waals surface area contributed by atoms with Crippen molar-refractivity contribution in [3.63, 3.8) is 0 Å². The van der Waals surface area contributed by atoms with Crippen molar-refractivity contribution in [1.82, 2.24) is 15.2 Å². The summed E-state index contributed by atoms with van der Waals surface area (Å²) in [5, 5.41) is 3.12. The highest BCUT2D eigenvalue weighted by atomic mass is 16.3. The summed E-state index contributed by atoms with van der Waals surface area (Å²) in [6.07, 6.45) is 3.69. The summed E-state index contributed by atoms with van der Waals surface area (Å²) >= 11 is 0. The van der Waals surface area contributed by atoms with Crippen molar-refractivity contribution in [1.29, 1.82) is 0 Å². The zero-order valence-electron chi connectivity index (χ0n) is 11.8. The van der Waals surface area contributed by atoms with Gasteiger partial charge in [-0.05, 0) is 44.3 Å². The van der Waals surface area contributed by atoms with Gasteiger partial charge in [-0.25, -0.2) is 0 Å². The van der Waals surface area contributed by atoms with Crippen LogP contribution in [-0.2, 0) is 19.6 Å². The van der Waals surface area contributed by atoms with Crippen LogP contribution in [0, 0.1) is 6.92 Å². The molecule has 2 rings (SSSR count). The van der Waals surface area contributed by atoms with Crippen LogP contribution in [0.3, 0.4) is 0 Å². The molecule has 0 atom stereocenters. The molecular formula is C15H21N3O. The third-order valence-electron chi connectivity index (χ3n) is 3.01. The van der Waals surface area contributed by atoms with Gasteiger partial charge in [-0.15, -0.1) is 0 Å². The van der Waals surface area contributed by atoms with Gasteiger partial charge in [0.2, 0.25) is 0 Å². The third kappa shape index (κ3) is 3.91. The molecule has 0 bridgehead atoms. The molecule has 0 aliphatic rings. The maximum absolute atomic E-state index is 5.84. The Hall–Kier alpha value is -1.65. The SMILES string of the molecule is CNCc1oc(CN(C)Cc2cccnc2)cc1C. The van der Waals surface area contributed by atoms with Crippen LogP contribution < -0.4 is 5.32 Å². The van der Waals surface area contributed by atoms with Crippen LogP contribution in [0.25, 0.3) is 0 Å². The number of aromatic nitrogens is 1. The standard InChI is InChI=1S/C15H21N3O/c1-12-7-14(19-15(12)9-16-2)11-18(3)10-13-5-4-6-17-8-13/h4-8,16H,9-11H2,1-3H3. The summed E-state index contributed by atoms with van der Waals surface area (Å²) < 4.78 is 5.84. The predicted molar refractivity (Wildman–Crippen MR) is 75.6 cm³/mol. The van der Waals surface area contributed by atoms with Crippen LogP contribution in [0.4, 0.5) is 0 Å². The maximum Gasteiger partial charge on any atom is 0.120 e. The first-order valence-corrected chi connectivity index (χ1v) is 6.49. The van der Waals surface area contributed by atoms with E-state index in [0.29, 0.717) is 0 Å². The zero-order valence-corrected chi connectivity index (χ0v) is 11.8. The fraction of sp³-hybridized carbons (Fsp3) is 0.400. The molecule has 2 heterocycles. The molecule has 0 radical (unpaired) electrons. The van der Waals surface area contributed by atoms with E-state index in [1.54, 1.807) is 6.20 Å². The highest BCUT2D eigenvalue weighted by Gasteiger charge is 2.09. The molecule has 1 N–H and O–H groups in total. The van der Waals surface area contributed by atoms with Gasteiger partial charge in [0.15, 0.2) is 0 Å². The second-order valence-corrected chi connectivity index (χ2v) is 4.88. The highest BCUT2D eigenvalue weighted by molar-refractivity contribution is 5.20. The fourth-order valence-electron chi connectivity index (χ4n) is 2.13. The third-order valence-corrected chi connectivity index (χ3v) is 3.01. The number of pyridine rings is 1. The van der Waals surface area contributed by atoms with E-state index in [1.165, 1.54) is 11.1 Å². The van der Waals surface area contributed by atoms with Crippen molar-refractivity contribution in [2.24, 2.45) is 0 Å². The van der Waals surface area contributed by atoms with Crippen LogP contribution in [0.15, 0.2) is 35.0 Å². The van der Waals surface area contributed by atoms with E-state index in [0.717, 1.165) is 31.2 Å². The molecule has 2 aromatic rings. The van der Waals surface area contributed by atoms with Crippen LogP contribution in [0.2, 0.25) is 0 Å². The highest BCUT2D eigenvalue weighted by Crippen LogP contribution is 2.16. The molecule has 4 nitrogen and oxygen atoms in total. The van der Waals surface area contributed by atoms with Gasteiger partial charge in [0.05, 0.1) is 13.1 Å². The summed E-state index contributed by atoms with van der Waals surface area (Å²) in [5.41, 5.74) is 2.42. The Kier molecular flexibility index (Phi) is 4.71. The van der Waals surface area contributed by atoms with Crippen LogP contribution in [0.5, 0.6) is 0 Å². The van der Waals surface area contributed by atoms with E-state index in [9.17, 15) is 0 Å². The van der Waals surface area contributed by atoms with Crippen molar-refractivity contribution in [3.8, 4) is 0 Å². The molecule has 0 amide bonds.